The number of carbonyl (C=O) groups excluding carboxylic acids is 1. The van der Waals surface area contributed by atoms with Crippen molar-refractivity contribution in [2.24, 2.45) is 0 Å². The highest BCUT2D eigenvalue weighted by molar-refractivity contribution is 5.97. The predicted octanol–water partition coefficient (Wildman–Crippen LogP) is 2.19. The molecule has 0 bridgehead atoms. The van der Waals surface area contributed by atoms with Crippen molar-refractivity contribution in [3.05, 3.63) is 48.7 Å². The van der Waals surface area contributed by atoms with Gasteiger partial charge in [0.15, 0.2) is 5.76 Å². The number of rotatable bonds is 5. The summed E-state index contributed by atoms with van der Waals surface area (Å²) < 4.78 is 5.36. The number of carboxylic acids is 1. The van der Waals surface area contributed by atoms with Gasteiger partial charge < -0.3 is 14.8 Å². The monoisotopic (exact) mass is 259 g/mol. The Hall–Kier alpha value is -2.56. The van der Waals surface area contributed by atoms with E-state index in [1.807, 2.05) is 12.1 Å². The van der Waals surface area contributed by atoms with Crippen LogP contribution >= 0.6 is 0 Å². The number of carbonyl (C=O) groups is 2. The molecular weight excluding hydrogens is 246 g/mol. The maximum atomic E-state index is 11.9. The van der Waals surface area contributed by atoms with Gasteiger partial charge in [-0.2, -0.15) is 0 Å². The molecule has 0 spiro atoms. The minimum Gasteiger partial charge on any atom is -0.480 e. The molecule has 0 saturated heterocycles. The van der Waals surface area contributed by atoms with Crippen LogP contribution in [0.3, 0.4) is 0 Å². The second-order valence-electron chi connectivity index (χ2n) is 4.04. The van der Waals surface area contributed by atoms with Gasteiger partial charge in [0, 0.05) is 5.39 Å². The molecule has 1 aromatic carbocycles. The Morgan fingerprint density at radius 2 is 2.16 bits per heavy atom. The van der Waals surface area contributed by atoms with Gasteiger partial charge in [0.25, 0.3) is 5.91 Å². The van der Waals surface area contributed by atoms with E-state index in [-0.39, 0.29) is 12.2 Å². The van der Waals surface area contributed by atoms with Crippen LogP contribution in [0.1, 0.15) is 17.0 Å². The van der Waals surface area contributed by atoms with E-state index in [1.54, 1.807) is 18.2 Å². The fraction of sp³-hybridized carbons (Fsp3) is 0.143. The number of para-hydroxylation sites is 1. The van der Waals surface area contributed by atoms with E-state index in [2.05, 4.69) is 11.9 Å². The van der Waals surface area contributed by atoms with Gasteiger partial charge in [-0.1, -0.05) is 24.3 Å². The summed E-state index contributed by atoms with van der Waals surface area (Å²) >= 11 is 0. The Morgan fingerprint density at radius 1 is 1.42 bits per heavy atom. The molecule has 1 heterocycles. The molecule has 5 nitrogen and oxygen atoms in total. The zero-order valence-electron chi connectivity index (χ0n) is 10.1. The van der Waals surface area contributed by atoms with Crippen molar-refractivity contribution < 1.29 is 19.1 Å². The molecule has 0 radical (unpaired) electrons. The minimum atomic E-state index is -1.11. The van der Waals surface area contributed by atoms with Gasteiger partial charge in [-0.15, -0.1) is 6.58 Å². The topological polar surface area (TPSA) is 79.5 Å². The number of amides is 1. The summed E-state index contributed by atoms with van der Waals surface area (Å²) in [5.41, 5.74) is 0.586. The standard InChI is InChI=1S/C14H13NO4/c1-2-5-10(14(17)18)15-13(16)12-8-9-6-3-4-7-11(9)19-12/h2-4,6-8,10H,1,5H2,(H,15,16)(H,17,18). The average molecular weight is 259 g/mol. The Labute approximate surface area is 109 Å². The number of fused-ring (bicyclic) bond motifs is 1. The smallest absolute Gasteiger partial charge is 0.326 e. The predicted molar refractivity (Wildman–Crippen MR) is 69.9 cm³/mol. The summed E-state index contributed by atoms with van der Waals surface area (Å²) in [6, 6.07) is 7.76. The molecular formula is C14H13NO4. The molecule has 1 aromatic heterocycles. The average Bonchev–Trinajstić information content (AvgIpc) is 2.81. The fourth-order valence-electron chi connectivity index (χ4n) is 1.71. The van der Waals surface area contributed by atoms with E-state index in [0.29, 0.717) is 5.58 Å². The summed E-state index contributed by atoms with van der Waals surface area (Å²) in [6.07, 6.45) is 1.60. The lowest BCUT2D eigenvalue weighted by atomic mass is 10.2. The number of furan rings is 1. The van der Waals surface area contributed by atoms with Gasteiger partial charge in [0.2, 0.25) is 0 Å². The molecule has 2 rings (SSSR count). The van der Waals surface area contributed by atoms with Crippen LogP contribution in [0.25, 0.3) is 11.0 Å². The first-order valence-corrected chi connectivity index (χ1v) is 5.75. The third-order valence-electron chi connectivity index (χ3n) is 2.66. The lowest BCUT2D eigenvalue weighted by molar-refractivity contribution is -0.139. The number of aliphatic carboxylic acids is 1. The second kappa shape index (κ2) is 5.39. The van der Waals surface area contributed by atoms with Gasteiger partial charge >= 0.3 is 5.97 Å². The van der Waals surface area contributed by atoms with Crippen molar-refractivity contribution in [3.8, 4) is 0 Å². The van der Waals surface area contributed by atoms with Crippen LogP contribution in [-0.4, -0.2) is 23.0 Å². The van der Waals surface area contributed by atoms with Crippen LogP contribution in [0.15, 0.2) is 47.4 Å². The molecule has 0 aliphatic rings. The number of nitrogens with one attached hydrogen (secondary N) is 1. The fourth-order valence-corrected chi connectivity index (χ4v) is 1.71. The van der Waals surface area contributed by atoms with Crippen molar-refractivity contribution in [2.45, 2.75) is 12.5 Å². The molecule has 1 unspecified atom stereocenters. The summed E-state index contributed by atoms with van der Waals surface area (Å²) in [4.78, 5) is 22.8. The SMILES string of the molecule is C=CCC(NC(=O)c1cc2ccccc2o1)C(=O)O. The molecule has 1 atom stereocenters. The first kappa shape index (κ1) is 12.9. The Bertz CT molecular complexity index is 596. The van der Waals surface area contributed by atoms with Crippen LogP contribution in [0.4, 0.5) is 0 Å². The lowest BCUT2D eigenvalue weighted by Crippen LogP contribution is -2.40. The highest BCUT2D eigenvalue weighted by Gasteiger charge is 2.21. The van der Waals surface area contributed by atoms with E-state index >= 15 is 0 Å². The summed E-state index contributed by atoms with van der Waals surface area (Å²) in [5.74, 6) is -1.56. The zero-order valence-corrected chi connectivity index (χ0v) is 10.1. The zero-order chi connectivity index (χ0) is 13.8. The molecule has 0 aliphatic heterocycles. The van der Waals surface area contributed by atoms with E-state index in [1.165, 1.54) is 6.08 Å². The Balaban J connectivity index is 2.18. The third kappa shape index (κ3) is 2.82. The van der Waals surface area contributed by atoms with Crippen LogP contribution in [0.5, 0.6) is 0 Å². The van der Waals surface area contributed by atoms with Crippen molar-refractivity contribution >= 4 is 22.8 Å². The van der Waals surface area contributed by atoms with Crippen molar-refractivity contribution in [1.82, 2.24) is 5.32 Å². The van der Waals surface area contributed by atoms with Gasteiger partial charge in [-0.25, -0.2) is 4.79 Å². The van der Waals surface area contributed by atoms with Crippen LogP contribution in [0, 0.1) is 0 Å². The van der Waals surface area contributed by atoms with E-state index in [0.717, 1.165) is 5.39 Å². The first-order valence-electron chi connectivity index (χ1n) is 5.75. The number of benzene rings is 1. The maximum absolute atomic E-state index is 11.9. The quantitative estimate of drug-likeness (QED) is 0.807. The Kier molecular flexibility index (Phi) is 3.66. The molecule has 0 saturated carbocycles. The van der Waals surface area contributed by atoms with Gasteiger partial charge in [0.05, 0.1) is 0 Å². The highest BCUT2D eigenvalue weighted by atomic mass is 16.4. The molecule has 5 heteroatoms. The van der Waals surface area contributed by atoms with Crippen LogP contribution < -0.4 is 5.32 Å². The maximum Gasteiger partial charge on any atom is 0.326 e. The number of carboxylic acid groups (broad SMARTS) is 1. The second-order valence-corrected chi connectivity index (χ2v) is 4.04. The van der Waals surface area contributed by atoms with E-state index < -0.39 is 17.9 Å². The molecule has 2 N–H and O–H groups in total. The minimum absolute atomic E-state index is 0.0940. The lowest BCUT2D eigenvalue weighted by Gasteiger charge is -2.10. The largest absolute Gasteiger partial charge is 0.480 e. The molecule has 1 amide bonds. The Morgan fingerprint density at radius 3 is 2.79 bits per heavy atom. The molecule has 19 heavy (non-hydrogen) atoms. The summed E-state index contributed by atoms with van der Waals surface area (Å²) in [5, 5.41) is 12.1. The molecule has 0 fully saturated rings. The van der Waals surface area contributed by atoms with E-state index in [4.69, 9.17) is 9.52 Å². The summed E-state index contributed by atoms with van der Waals surface area (Å²) in [6.45, 7) is 3.46. The number of hydrogen-bond acceptors (Lipinski definition) is 3. The normalized spacial score (nSPS) is 12.0. The van der Waals surface area contributed by atoms with Crippen molar-refractivity contribution in [3.63, 3.8) is 0 Å². The van der Waals surface area contributed by atoms with Gasteiger partial charge in [-0.3, -0.25) is 4.79 Å². The van der Waals surface area contributed by atoms with Gasteiger partial charge in [-0.05, 0) is 18.6 Å². The highest BCUT2D eigenvalue weighted by Crippen LogP contribution is 2.18. The van der Waals surface area contributed by atoms with E-state index in [9.17, 15) is 9.59 Å². The van der Waals surface area contributed by atoms with Gasteiger partial charge in [0.1, 0.15) is 11.6 Å². The molecule has 98 valence electrons. The van der Waals surface area contributed by atoms with Crippen LogP contribution in [0.2, 0.25) is 0 Å². The van der Waals surface area contributed by atoms with Crippen molar-refractivity contribution in [1.29, 1.82) is 0 Å². The third-order valence-corrected chi connectivity index (χ3v) is 2.66. The number of hydrogen-bond donors (Lipinski definition) is 2. The first-order chi connectivity index (χ1) is 9.11. The molecule has 2 aromatic rings. The van der Waals surface area contributed by atoms with Crippen molar-refractivity contribution in [2.75, 3.05) is 0 Å². The molecule has 0 aliphatic carbocycles. The summed E-state index contributed by atoms with van der Waals surface area (Å²) in [7, 11) is 0. The van der Waals surface area contributed by atoms with Crippen LogP contribution in [-0.2, 0) is 4.79 Å².